The van der Waals surface area contributed by atoms with E-state index >= 15 is 0 Å². The topological polar surface area (TPSA) is 33.3 Å². The van der Waals surface area contributed by atoms with Gasteiger partial charge in [-0.25, -0.2) is 0 Å². The van der Waals surface area contributed by atoms with Crippen molar-refractivity contribution >= 4 is 22.1 Å². The number of thiophene rings is 1. The van der Waals surface area contributed by atoms with E-state index in [-0.39, 0.29) is 6.10 Å². The van der Waals surface area contributed by atoms with Crippen LogP contribution in [-0.4, -0.2) is 13.6 Å². The predicted octanol–water partition coefficient (Wildman–Crippen LogP) is 4.14. The number of hydrogen-bond donors (Lipinski definition) is 2. The number of hydrogen-bond acceptors (Lipinski definition) is 4. The molecule has 0 aliphatic rings. The molecule has 1 atom stereocenters. The summed E-state index contributed by atoms with van der Waals surface area (Å²) in [7, 11) is 1.88. The van der Waals surface area contributed by atoms with Crippen LogP contribution < -0.4 is 15.6 Å². The van der Waals surface area contributed by atoms with Gasteiger partial charge in [0.25, 0.3) is 0 Å². The van der Waals surface area contributed by atoms with E-state index in [2.05, 4.69) is 70.8 Å². The van der Waals surface area contributed by atoms with Gasteiger partial charge in [0.15, 0.2) is 0 Å². The van der Waals surface area contributed by atoms with E-state index < -0.39 is 0 Å². The van der Waals surface area contributed by atoms with Crippen molar-refractivity contribution in [1.82, 2.24) is 10.9 Å². The summed E-state index contributed by atoms with van der Waals surface area (Å²) >= 11 is 1.74. The molecule has 2 aromatic carbocycles. The fraction of sp³-hybridized carbons (Fsp3) is 0.222. The van der Waals surface area contributed by atoms with E-state index in [9.17, 15) is 0 Å². The largest absolute Gasteiger partial charge is 0.484 e. The zero-order valence-electron chi connectivity index (χ0n) is 12.6. The van der Waals surface area contributed by atoms with Crippen LogP contribution >= 0.6 is 11.3 Å². The maximum Gasteiger partial charge on any atom is 0.134 e. The van der Waals surface area contributed by atoms with E-state index in [0.29, 0.717) is 0 Å². The molecule has 22 heavy (non-hydrogen) atoms. The summed E-state index contributed by atoms with van der Waals surface area (Å²) < 4.78 is 6.36. The van der Waals surface area contributed by atoms with Gasteiger partial charge >= 0.3 is 0 Å². The monoisotopic (exact) mass is 312 g/mol. The van der Waals surface area contributed by atoms with Crippen molar-refractivity contribution in [2.45, 2.75) is 12.5 Å². The average molecular weight is 312 g/mol. The quantitative estimate of drug-likeness (QED) is 0.508. The summed E-state index contributed by atoms with van der Waals surface area (Å²) in [5.41, 5.74) is 6.10. The Morgan fingerprint density at radius 2 is 1.91 bits per heavy atom. The van der Waals surface area contributed by atoms with Crippen LogP contribution in [0, 0.1) is 0 Å². The molecule has 0 bridgehead atoms. The zero-order valence-corrected chi connectivity index (χ0v) is 13.4. The first-order valence-electron chi connectivity index (χ1n) is 7.46. The molecule has 2 N–H and O–H groups in total. The van der Waals surface area contributed by atoms with Gasteiger partial charge in [-0.3, -0.25) is 10.9 Å². The Bertz CT molecular complexity index is 707. The standard InChI is InChI=1S/C18H20N2OS/c1-19-20-12-11-17(18-10-5-13-22-18)21-16-9-4-7-14-6-2-3-8-15(14)16/h2-10,13,17,19-20H,11-12H2,1H3. The third-order valence-electron chi connectivity index (χ3n) is 3.59. The maximum absolute atomic E-state index is 6.36. The number of ether oxygens (including phenoxy) is 1. The first kappa shape index (κ1) is 15.0. The number of rotatable bonds is 7. The number of benzene rings is 2. The molecule has 1 aromatic heterocycles. The third kappa shape index (κ3) is 3.47. The van der Waals surface area contributed by atoms with Crippen molar-refractivity contribution in [3.05, 3.63) is 64.9 Å². The van der Waals surface area contributed by atoms with Gasteiger partial charge in [-0.05, 0) is 29.9 Å². The number of fused-ring (bicyclic) bond motifs is 1. The van der Waals surface area contributed by atoms with E-state index in [0.717, 1.165) is 24.1 Å². The second kappa shape index (κ2) is 7.40. The highest BCUT2D eigenvalue weighted by Crippen LogP contribution is 2.32. The van der Waals surface area contributed by atoms with Crippen LogP contribution in [0.3, 0.4) is 0 Å². The lowest BCUT2D eigenvalue weighted by Crippen LogP contribution is -2.29. The summed E-state index contributed by atoms with van der Waals surface area (Å²) in [5, 5.41) is 4.46. The first-order chi connectivity index (χ1) is 10.9. The molecule has 0 fully saturated rings. The molecule has 1 heterocycles. The highest BCUT2D eigenvalue weighted by molar-refractivity contribution is 7.10. The molecule has 3 aromatic rings. The van der Waals surface area contributed by atoms with Crippen molar-refractivity contribution in [2.75, 3.05) is 13.6 Å². The van der Waals surface area contributed by atoms with E-state index in [1.165, 1.54) is 10.3 Å². The van der Waals surface area contributed by atoms with Crippen molar-refractivity contribution in [1.29, 1.82) is 0 Å². The highest BCUT2D eigenvalue weighted by atomic mass is 32.1. The predicted molar refractivity (Wildman–Crippen MR) is 93.3 cm³/mol. The lowest BCUT2D eigenvalue weighted by molar-refractivity contribution is 0.199. The van der Waals surface area contributed by atoms with Gasteiger partial charge in [0.05, 0.1) is 0 Å². The second-order valence-electron chi connectivity index (χ2n) is 5.06. The minimum atomic E-state index is 0.0617. The van der Waals surface area contributed by atoms with Gasteiger partial charge < -0.3 is 4.74 Å². The van der Waals surface area contributed by atoms with Gasteiger partial charge in [0, 0.05) is 23.2 Å². The fourth-order valence-electron chi connectivity index (χ4n) is 2.51. The fourth-order valence-corrected chi connectivity index (χ4v) is 3.30. The maximum atomic E-state index is 6.36. The van der Waals surface area contributed by atoms with Gasteiger partial charge in [-0.1, -0.05) is 42.5 Å². The van der Waals surface area contributed by atoms with Gasteiger partial charge in [-0.2, -0.15) is 0 Å². The van der Waals surface area contributed by atoms with Crippen LogP contribution in [0.2, 0.25) is 0 Å². The second-order valence-corrected chi connectivity index (χ2v) is 6.04. The van der Waals surface area contributed by atoms with E-state index in [1.807, 2.05) is 7.05 Å². The first-order valence-corrected chi connectivity index (χ1v) is 8.34. The molecule has 0 amide bonds. The smallest absolute Gasteiger partial charge is 0.134 e. The molecular formula is C18H20N2OS. The molecular weight excluding hydrogens is 292 g/mol. The summed E-state index contributed by atoms with van der Waals surface area (Å²) in [5.74, 6) is 0.945. The van der Waals surface area contributed by atoms with Crippen molar-refractivity contribution in [2.24, 2.45) is 0 Å². The Morgan fingerprint density at radius 3 is 2.73 bits per heavy atom. The molecule has 0 saturated carbocycles. The molecule has 0 spiro atoms. The Kier molecular flexibility index (Phi) is 5.06. The lowest BCUT2D eigenvalue weighted by Gasteiger charge is -2.19. The molecule has 114 valence electrons. The van der Waals surface area contributed by atoms with E-state index in [4.69, 9.17) is 4.74 Å². The van der Waals surface area contributed by atoms with Gasteiger partial charge in [-0.15, -0.1) is 11.3 Å². The minimum Gasteiger partial charge on any atom is -0.484 e. The Labute approximate surface area is 134 Å². The van der Waals surface area contributed by atoms with Crippen LogP contribution in [0.4, 0.5) is 0 Å². The van der Waals surface area contributed by atoms with Crippen molar-refractivity contribution in [3.63, 3.8) is 0 Å². The lowest BCUT2D eigenvalue weighted by atomic mass is 10.1. The molecule has 4 heteroatoms. The molecule has 3 rings (SSSR count). The Hall–Kier alpha value is -1.88. The van der Waals surface area contributed by atoms with Gasteiger partial charge in [0.1, 0.15) is 11.9 Å². The molecule has 3 nitrogen and oxygen atoms in total. The summed E-state index contributed by atoms with van der Waals surface area (Å²) in [6.07, 6.45) is 0.969. The Morgan fingerprint density at radius 1 is 1.05 bits per heavy atom. The molecule has 0 radical (unpaired) electrons. The molecule has 1 unspecified atom stereocenters. The van der Waals surface area contributed by atoms with Crippen LogP contribution in [0.25, 0.3) is 10.8 Å². The van der Waals surface area contributed by atoms with Crippen molar-refractivity contribution < 1.29 is 4.74 Å². The normalized spacial score (nSPS) is 12.4. The zero-order chi connectivity index (χ0) is 15.2. The third-order valence-corrected chi connectivity index (χ3v) is 4.55. The summed E-state index contributed by atoms with van der Waals surface area (Å²) in [4.78, 5) is 1.26. The van der Waals surface area contributed by atoms with Gasteiger partial charge in [0.2, 0.25) is 0 Å². The van der Waals surface area contributed by atoms with Crippen LogP contribution in [0.15, 0.2) is 60.0 Å². The van der Waals surface area contributed by atoms with Crippen LogP contribution in [0.5, 0.6) is 5.75 Å². The van der Waals surface area contributed by atoms with Crippen LogP contribution in [-0.2, 0) is 0 Å². The van der Waals surface area contributed by atoms with Crippen molar-refractivity contribution in [3.8, 4) is 5.75 Å². The minimum absolute atomic E-state index is 0.0617. The molecule has 0 aliphatic heterocycles. The molecule has 0 saturated heterocycles. The highest BCUT2D eigenvalue weighted by Gasteiger charge is 2.15. The number of hydrazine groups is 1. The summed E-state index contributed by atoms with van der Waals surface area (Å²) in [6, 6.07) is 18.8. The molecule has 0 aliphatic carbocycles. The average Bonchev–Trinajstić information content (AvgIpc) is 3.09. The summed E-state index contributed by atoms with van der Waals surface area (Å²) in [6.45, 7) is 0.851. The van der Waals surface area contributed by atoms with E-state index in [1.54, 1.807) is 11.3 Å². The Balaban J connectivity index is 1.85. The SMILES string of the molecule is CNNCCC(Oc1cccc2ccccc12)c1cccs1. The van der Waals surface area contributed by atoms with Crippen LogP contribution in [0.1, 0.15) is 17.4 Å². The number of nitrogens with one attached hydrogen (secondary N) is 2.